The Bertz CT molecular complexity index is 313. The van der Waals surface area contributed by atoms with Crippen molar-refractivity contribution in [1.82, 2.24) is 9.55 Å². The molecule has 1 aromatic heterocycles. The van der Waals surface area contributed by atoms with Gasteiger partial charge in [-0.25, -0.2) is 4.98 Å². The molecule has 0 aromatic carbocycles. The Morgan fingerprint density at radius 3 is 3.00 bits per heavy atom. The number of hydrogen-bond donors (Lipinski definition) is 0. The Balaban J connectivity index is 1.75. The highest BCUT2D eigenvalue weighted by Gasteiger charge is 2.14. The summed E-state index contributed by atoms with van der Waals surface area (Å²) in [6.07, 6.45) is 7.35. The molecule has 3 nitrogen and oxygen atoms in total. The van der Waals surface area contributed by atoms with Gasteiger partial charge in [-0.3, -0.25) is 0 Å². The van der Waals surface area contributed by atoms with Crippen LogP contribution in [0.4, 0.5) is 0 Å². The maximum absolute atomic E-state index is 5.60. The summed E-state index contributed by atoms with van der Waals surface area (Å²) in [5.41, 5.74) is 2.44. The molecule has 1 aliphatic rings. The first-order valence-electron chi connectivity index (χ1n) is 5.87. The molecular formula is C12H20N2O. The molecule has 1 aliphatic heterocycles. The van der Waals surface area contributed by atoms with Gasteiger partial charge in [0.05, 0.1) is 18.1 Å². The molecule has 2 heterocycles. The van der Waals surface area contributed by atoms with Crippen LogP contribution in [0.15, 0.2) is 6.33 Å². The van der Waals surface area contributed by atoms with Crippen LogP contribution in [0, 0.1) is 13.8 Å². The molecule has 1 aromatic rings. The first-order chi connectivity index (χ1) is 7.27. The third kappa shape index (κ3) is 2.59. The van der Waals surface area contributed by atoms with Crippen molar-refractivity contribution in [3.8, 4) is 0 Å². The molecule has 15 heavy (non-hydrogen) atoms. The van der Waals surface area contributed by atoms with Gasteiger partial charge in [0.1, 0.15) is 0 Å². The number of aryl methyl sites for hydroxylation is 2. The fraction of sp³-hybridized carbons (Fsp3) is 0.750. The molecule has 0 radical (unpaired) electrons. The van der Waals surface area contributed by atoms with E-state index in [1.807, 2.05) is 6.33 Å². The van der Waals surface area contributed by atoms with Crippen molar-refractivity contribution >= 4 is 0 Å². The summed E-state index contributed by atoms with van der Waals surface area (Å²) in [6.45, 7) is 6.24. The number of rotatable bonds is 4. The molecule has 0 N–H and O–H groups in total. The van der Waals surface area contributed by atoms with Crippen molar-refractivity contribution in [1.29, 1.82) is 0 Å². The van der Waals surface area contributed by atoms with E-state index < -0.39 is 0 Å². The average Bonchev–Trinajstić information content (AvgIpc) is 2.83. The SMILES string of the molecule is Cc1ncn(CCCC2CCCO2)c1C. The second kappa shape index (κ2) is 4.79. The molecule has 0 aliphatic carbocycles. The highest BCUT2D eigenvalue weighted by atomic mass is 16.5. The molecule has 2 rings (SSSR count). The Labute approximate surface area is 91.5 Å². The number of aromatic nitrogens is 2. The molecule has 1 atom stereocenters. The van der Waals surface area contributed by atoms with E-state index in [-0.39, 0.29) is 0 Å². The molecule has 1 unspecified atom stereocenters. The first-order valence-corrected chi connectivity index (χ1v) is 5.87. The van der Waals surface area contributed by atoms with Gasteiger partial charge < -0.3 is 9.30 Å². The molecule has 0 saturated carbocycles. The van der Waals surface area contributed by atoms with E-state index >= 15 is 0 Å². The van der Waals surface area contributed by atoms with Crippen LogP contribution in [-0.4, -0.2) is 22.3 Å². The third-order valence-corrected chi connectivity index (χ3v) is 3.29. The van der Waals surface area contributed by atoms with Gasteiger partial charge in [0.25, 0.3) is 0 Å². The standard InChI is InChI=1S/C12H20N2O/c1-10-11(2)14(9-13-10)7-3-5-12-6-4-8-15-12/h9,12H,3-8H2,1-2H3. The van der Waals surface area contributed by atoms with Crippen LogP contribution < -0.4 is 0 Å². The topological polar surface area (TPSA) is 27.1 Å². The number of imidazole rings is 1. The lowest BCUT2D eigenvalue weighted by atomic mass is 10.1. The van der Waals surface area contributed by atoms with Crippen molar-refractivity contribution in [3.05, 3.63) is 17.7 Å². The number of nitrogens with zero attached hydrogens (tertiary/aromatic N) is 2. The quantitative estimate of drug-likeness (QED) is 0.760. The van der Waals surface area contributed by atoms with Gasteiger partial charge in [0.2, 0.25) is 0 Å². The summed E-state index contributed by atoms with van der Waals surface area (Å²) in [7, 11) is 0. The minimum Gasteiger partial charge on any atom is -0.378 e. The van der Waals surface area contributed by atoms with Gasteiger partial charge >= 0.3 is 0 Å². The fourth-order valence-corrected chi connectivity index (χ4v) is 2.13. The van der Waals surface area contributed by atoms with E-state index in [2.05, 4.69) is 23.4 Å². The van der Waals surface area contributed by atoms with Crippen molar-refractivity contribution in [2.45, 2.75) is 52.2 Å². The summed E-state index contributed by atoms with van der Waals surface area (Å²) in [5, 5.41) is 0. The van der Waals surface area contributed by atoms with E-state index in [9.17, 15) is 0 Å². The minimum atomic E-state index is 0.523. The molecule has 84 valence electrons. The predicted octanol–water partition coefficient (Wildman–Crippen LogP) is 2.46. The van der Waals surface area contributed by atoms with Crippen molar-refractivity contribution in [3.63, 3.8) is 0 Å². The lowest BCUT2D eigenvalue weighted by Gasteiger charge is -2.10. The van der Waals surface area contributed by atoms with E-state index in [1.54, 1.807) is 0 Å². The summed E-state index contributed by atoms with van der Waals surface area (Å²) < 4.78 is 7.84. The predicted molar refractivity (Wildman–Crippen MR) is 59.9 cm³/mol. The van der Waals surface area contributed by atoms with E-state index in [0.717, 1.165) is 18.8 Å². The molecular weight excluding hydrogens is 188 g/mol. The molecule has 1 saturated heterocycles. The van der Waals surface area contributed by atoms with E-state index in [4.69, 9.17) is 4.74 Å². The summed E-state index contributed by atoms with van der Waals surface area (Å²) >= 11 is 0. The van der Waals surface area contributed by atoms with Crippen LogP contribution >= 0.6 is 0 Å². The maximum Gasteiger partial charge on any atom is 0.0951 e. The van der Waals surface area contributed by atoms with Crippen LogP contribution in [0.1, 0.15) is 37.1 Å². The number of hydrogen-bond acceptors (Lipinski definition) is 2. The molecule has 1 fully saturated rings. The van der Waals surface area contributed by atoms with Crippen molar-refractivity contribution in [2.24, 2.45) is 0 Å². The third-order valence-electron chi connectivity index (χ3n) is 3.29. The molecule has 0 spiro atoms. The zero-order valence-electron chi connectivity index (χ0n) is 9.70. The normalized spacial score (nSPS) is 21.1. The van der Waals surface area contributed by atoms with Crippen molar-refractivity contribution in [2.75, 3.05) is 6.61 Å². The van der Waals surface area contributed by atoms with Crippen LogP contribution in [0.5, 0.6) is 0 Å². The Kier molecular flexibility index (Phi) is 3.41. The maximum atomic E-state index is 5.60. The van der Waals surface area contributed by atoms with Gasteiger partial charge in [0, 0.05) is 18.8 Å². The van der Waals surface area contributed by atoms with Crippen LogP contribution in [0.2, 0.25) is 0 Å². The van der Waals surface area contributed by atoms with Gasteiger partial charge in [-0.2, -0.15) is 0 Å². The first kappa shape index (κ1) is 10.7. The highest BCUT2D eigenvalue weighted by Crippen LogP contribution is 2.17. The lowest BCUT2D eigenvalue weighted by Crippen LogP contribution is -2.07. The summed E-state index contributed by atoms with van der Waals surface area (Å²) in [4.78, 5) is 4.30. The smallest absolute Gasteiger partial charge is 0.0951 e. The minimum absolute atomic E-state index is 0.523. The fourth-order valence-electron chi connectivity index (χ4n) is 2.13. The molecule has 3 heteroatoms. The largest absolute Gasteiger partial charge is 0.378 e. The average molecular weight is 208 g/mol. The lowest BCUT2D eigenvalue weighted by molar-refractivity contribution is 0.101. The summed E-state index contributed by atoms with van der Waals surface area (Å²) in [6, 6.07) is 0. The Morgan fingerprint density at radius 1 is 1.53 bits per heavy atom. The second-order valence-electron chi connectivity index (χ2n) is 4.39. The Hall–Kier alpha value is -0.830. The van der Waals surface area contributed by atoms with Gasteiger partial charge in [0.15, 0.2) is 0 Å². The van der Waals surface area contributed by atoms with E-state index in [1.165, 1.54) is 31.4 Å². The molecule has 0 amide bonds. The van der Waals surface area contributed by atoms with Crippen molar-refractivity contribution < 1.29 is 4.74 Å². The molecule has 0 bridgehead atoms. The van der Waals surface area contributed by atoms with Crippen LogP contribution in [0.3, 0.4) is 0 Å². The number of ether oxygens (including phenoxy) is 1. The van der Waals surface area contributed by atoms with Gasteiger partial charge in [-0.15, -0.1) is 0 Å². The zero-order chi connectivity index (χ0) is 10.7. The van der Waals surface area contributed by atoms with E-state index in [0.29, 0.717) is 6.10 Å². The monoisotopic (exact) mass is 208 g/mol. The van der Waals surface area contributed by atoms with Crippen LogP contribution in [0.25, 0.3) is 0 Å². The van der Waals surface area contributed by atoms with Gasteiger partial charge in [-0.1, -0.05) is 0 Å². The second-order valence-corrected chi connectivity index (χ2v) is 4.39. The zero-order valence-corrected chi connectivity index (χ0v) is 9.70. The van der Waals surface area contributed by atoms with Gasteiger partial charge in [-0.05, 0) is 39.5 Å². The highest BCUT2D eigenvalue weighted by molar-refractivity contribution is 5.08. The van der Waals surface area contributed by atoms with Crippen LogP contribution in [-0.2, 0) is 11.3 Å². The Morgan fingerprint density at radius 2 is 2.40 bits per heavy atom. The summed E-state index contributed by atoms with van der Waals surface area (Å²) in [5.74, 6) is 0.